The second-order valence-corrected chi connectivity index (χ2v) is 7.92. The average Bonchev–Trinajstić information content (AvgIpc) is 3.21. The van der Waals surface area contributed by atoms with E-state index in [0.717, 1.165) is 31.4 Å². The van der Waals surface area contributed by atoms with Gasteiger partial charge in [-0.05, 0) is 37.1 Å². The van der Waals surface area contributed by atoms with Crippen molar-refractivity contribution in [3.05, 3.63) is 71.3 Å². The summed E-state index contributed by atoms with van der Waals surface area (Å²) < 4.78 is 55.2. The number of alkyl halides is 3. The number of benzene rings is 2. The Morgan fingerprint density at radius 1 is 0.886 bits per heavy atom. The summed E-state index contributed by atoms with van der Waals surface area (Å²) in [5.74, 6) is -4.01. The zero-order valence-corrected chi connectivity index (χ0v) is 19.4. The first-order chi connectivity index (χ1) is 16.6. The highest BCUT2D eigenvalue weighted by Gasteiger charge is 2.69. The third-order valence-corrected chi connectivity index (χ3v) is 6.04. The van der Waals surface area contributed by atoms with Crippen molar-refractivity contribution in [3.8, 4) is 0 Å². The third-order valence-electron chi connectivity index (χ3n) is 6.04. The van der Waals surface area contributed by atoms with Crippen LogP contribution < -0.4 is 5.32 Å². The number of hydrogen-bond acceptors (Lipinski definition) is 7. The number of nitrogens with one attached hydrogen (secondary N) is 1. The van der Waals surface area contributed by atoms with E-state index in [1.165, 1.54) is 0 Å². The van der Waals surface area contributed by atoms with Crippen LogP contribution in [0.25, 0.3) is 0 Å². The van der Waals surface area contributed by atoms with Crippen LogP contribution in [0.15, 0.2) is 54.6 Å². The summed E-state index contributed by atoms with van der Waals surface area (Å²) in [4.78, 5) is 40.2. The van der Waals surface area contributed by atoms with E-state index < -0.39 is 53.1 Å². The van der Waals surface area contributed by atoms with Crippen molar-refractivity contribution in [1.82, 2.24) is 5.32 Å². The Kier molecular flexibility index (Phi) is 7.84. The molecule has 0 saturated carbocycles. The third kappa shape index (κ3) is 4.75. The van der Waals surface area contributed by atoms with Gasteiger partial charge in [-0.3, -0.25) is 19.7 Å². The first-order valence-corrected chi connectivity index (χ1v) is 11.0. The van der Waals surface area contributed by atoms with E-state index in [1.807, 2.05) is 0 Å². The minimum atomic E-state index is -4.60. The summed E-state index contributed by atoms with van der Waals surface area (Å²) in [7, 11) is 1.14. The fourth-order valence-electron chi connectivity index (χ4n) is 4.59. The fraction of sp³-hybridized carbons (Fsp3) is 0.400. The van der Waals surface area contributed by atoms with Crippen LogP contribution in [0.4, 0.5) is 13.2 Å². The van der Waals surface area contributed by atoms with Crippen LogP contribution in [0.3, 0.4) is 0 Å². The van der Waals surface area contributed by atoms with Crippen LogP contribution in [0.5, 0.6) is 0 Å². The second kappa shape index (κ2) is 10.5. The molecule has 1 aliphatic heterocycles. The number of rotatable bonds is 7. The van der Waals surface area contributed by atoms with Crippen LogP contribution in [0, 0.1) is 5.41 Å². The molecule has 1 heterocycles. The lowest BCUT2D eigenvalue weighted by atomic mass is 9.66. The van der Waals surface area contributed by atoms with Crippen molar-refractivity contribution in [2.45, 2.75) is 38.0 Å². The zero-order chi connectivity index (χ0) is 25.8. The van der Waals surface area contributed by atoms with Gasteiger partial charge in [-0.25, -0.2) is 0 Å². The van der Waals surface area contributed by atoms with Gasteiger partial charge in [0.1, 0.15) is 6.04 Å². The van der Waals surface area contributed by atoms with Crippen LogP contribution in [-0.4, -0.2) is 44.3 Å². The molecular formula is C25H26F3NO6. The molecule has 0 aromatic heterocycles. The van der Waals surface area contributed by atoms with Gasteiger partial charge >= 0.3 is 24.1 Å². The van der Waals surface area contributed by atoms with E-state index in [-0.39, 0.29) is 18.8 Å². The molecule has 1 N–H and O–H groups in total. The van der Waals surface area contributed by atoms with E-state index in [1.54, 1.807) is 44.2 Å². The lowest BCUT2D eigenvalue weighted by Gasteiger charge is -2.35. The SMILES string of the molecule is CCOC(=O)C1(C(=O)OCC)[C@H](c2ccc(C(F)(F)F)cc2)[C@@H](C(=O)OC)N[C@H]1c1ccccc1. The molecule has 188 valence electrons. The van der Waals surface area contributed by atoms with Gasteiger partial charge in [0.15, 0.2) is 5.41 Å². The molecule has 2 aromatic rings. The van der Waals surface area contributed by atoms with Gasteiger partial charge in [-0.2, -0.15) is 13.2 Å². The first-order valence-electron chi connectivity index (χ1n) is 11.0. The van der Waals surface area contributed by atoms with Crippen LogP contribution in [-0.2, 0) is 34.8 Å². The predicted octanol–water partition coefficient (Wildman–Crippen LogP) is 3.79. The maximum Gasteiger partial charge on any atom is 0.416 e. The highest BCUT2D eigenvalue weighted by atomic mass is 19.4. The summed E-state index contributed by atoms with van der Waals surface area (Å²) in [5.41, 5.74) is -2.43. The smallest absolute Gasteiger partial charge is 0.416 e. The molecule has 35 heavy (non-hydrogen) atoms. The van der Waals surface area contributed by atoms with Crippen molar-refractivity contribution < 1.29 is 41.8 Å². The monoisotopic (exact) mass is 493 g/mol. The maximum absolute atomic E-state index is 13.6. The number of methoxy groups -OCH3 is 1. The van der Waals surface area contributed by atoms with E-state index in [2.05, 4.69) is 5.32 Å². The molecule has 7 nitrogen and oxygen atoms in total. The Morgan fingerprint density at radius 3 is 1.89 bits per heavy atom. The highest BCUT2D eigenvalue weighted by Crippen LogP contribution is 2.55. The van der Waals surface area contributed by atoms with E-state index >= 15 is 0 Å². The highest BCUT2D eigenvalue weighted by molar-refractivity contribution is 6.04. The fourth-order valence-corrected chi connectivity index (χ4v) is 4.59. The number of carbonyl (C=O) groups is 3. The van der Waals surface area contributed by atoms with E-state index in [0.29, 0.717) is 5.56 Å². The summed E-state index contributed by atoms with van der Waals surface area (Å²) in [6.07, 6.45) is -4.60. The Labute approximate surface area is 200 Å². The Hall–Kier alpha value is -3.40. The van der Waals surface area contributed by atoms with Crippen molar-refractivity contribution in [3.63, 3.8) is 0 Å². The number of halogens is 3. The molecule has 0 radical (unpaired) electrons. The molecule has 10 heteroatoms. The molecule has 0 aliphatic carbocycles. The number of ether oxygens (including phenoxy) is 3. The van der Waals surface area contributed by atoms with Gasteiger partial charge in [0.25, 0.3) is 0 Å². The van der Waals surface area contributed by atoms with Gasteiger partial charge in [0.05, 0.1) is 31.9 Å². The van der Waals surface area contributed by atoms with Gasteiger partial charge in [0, 0.05) is 5.92 Å². The van der Waals surface area contributed by atoms with Crippen molar-refractivity contribution in [2.24, 2.45) is 5.41 Å². The zero-order valence-electron chi connectivity index (χ0n) is 19.4. The molecule has 1 fully saturated rings. The second-order valence-electron chi connectivity index (χ2n) is 7.92. The van der Waals surface area contributed by atoms with Crippen molar-refractivity contribution in [2.75, 3.05) is 20.3 Å². The molecule has 2 aromatic carbocycles. The Morgan fingerprint density at radius 2 is 1.43 bits per heavy atom. The molecule has 0 unspecified atom stereocenters. The molecule has 0 amide bonds. The summed E-state index contributed by atoms with van der Waals surface area (Å²) >= 11 is 0. The van der Waals surface area contributed by atoms with Crippen molar-refractivity contribution >= 4 is 17.9 Å². The lowest BCUT2D eigenvalue weighted by molar-refractivity contribution is -0.174. The maximum atomic E-state index is 13.6. The molecule has 0 bridgehead atoms. The quantitative estimate of drug-likeness (QED) is 0.357. The van der Waals surface area contributed by atoms with Crippen LogP contribution in [0.1, 0.15) is 42.5 Å². The Bertz CT molecular complexity index is 1040. The predicted molar refractivity (Wildman–Crippen MR) is 118 cm³/mol. The van der Waals surface area contributed by atoms with E-state index in [4.69, 9.17) is 14.2 Å². The van der Waals surface area contributed by atoms with E-state index in [9.17, 15) is 27.6 Å². The first kappa shape index (κ1) is 26.2. The Balaban J connectivity index is 2.33. The van der Waals surface area contributed by atoms with Crippen molar-refractivity contribution in [1.29, 1.82) is 0 Å². The number of carbonyl (C=O) groups excluding carboxylic acids is 3. The largest absolute Gasteiger partial charge is 0.468 e. The summed E-state index contributed by atoms with van der Waals surface area (Å²) in [5, 5.41) is 3.02. The average molecular weight is 493 g/mol. The topological polar surface area (TPSA) is 90.9 Å². The van der Waals surface area contributed by atoms with Gasteiger partial charge in [-0.1, -0.05) is 42.5 Å². The van der Waals surface area contributed by atoms with Gasteiger partial charge in [0.2, 0.25) is 0 Å². The molecular weight excluding hydrogens is 467 g/mol. The molecule has 0 spiro atoms. The molecule has 3 rings (SSSR count). The number of hydrogen-bond donors (Lipinski definition) is 1. The minimum absolute atomic E-state index is 0.0792. The molecule has 3 atom stereocenters. The molecule has 1 saturated heterocycles. The standard InChI is InChI=1S/C25H26F3NO6/c1-4-34-22(31)24(23(32)35-5-2)18(15-11-13-17(14-12-15)25(26,27)28)19(21(30)33-3)29-20(24)16-9-7-6-8-10-16/h6-14,18-20,29H,4-5H2,1-3H3/t18-,19+,20+/m1/s1. The normalized spacial score (nSPS) is 21.3. The molecule has 1 aliphatic rings. The lowest BCUT2D eigenvalue weighted by Crippen LogP contribution is -2.49. The van der Waals surface area contributed by atoms with Gasteiger partial charge in [-0.15, -0.1) is 0 Å². The number of esters is 3. The summed E-state index contributed by atoms with van der Waals surface area (Å²) in [6, 6.07) is 10.0. The minimum Gasteiger partial charge on any atom is -0.468 e. The summed E-state index contributed by atoms with van der Waals surface area (Å²) in [6.45, 7) is 2.96. The van der Waals surface area contributed by atoms with Crippen LogP contribution in [0.2, 0.25) is 0 Å². The van der Waals surface area contributed by atoms with Gasteiger partial charge < -0.3 is 14.2 Å². The van der Waals surface area contributed by atoms with Crippen LogP contribution >= 0.6 is 0 Å².